The third-order valence-electron chi connectivity index (χ3n) is 3.47. The summed E-state index contributed by atoms with van der Waals surface area (Å²) in [6.45, 7) is 1.94. The van der Waals surface area contributed by atoms with Crippen LogP contribution in [0.3, 0.4) is 0 Å². The summed E-state index contributed by atoms with van der Waals surface area (Å²) in [4.78, 5) is 24.4. The van der Waals surface area contributed by atoms with Crippen molar-refractivity contribution in [2.24, 2.45) is 0 Å². The number of carbonyl (C=O) groups is 1. The van der Waals surface area contributed by atoms with Gasteiger partial charge < -0.3 is 10.6 Å². The van der Waals surface area contributed by atoms with Crippen LogP contribution < -0.4 is 10.6 Å². The second-order valence-electron chi connectivity index (χ2n) is 5.47. The molecular formula is C18H15F2N5O. The third-order valence-corrected chi connectivity index (χ3v) is 3.47. The molecule has 0 unspecified atom stereocenters. The van der Waals surface area contributed by atoms with Crippen LogP contribution in [0.25, 0.3) is 0 Å². The zero-order chi connectivity index (χ0) is 18.5. The van der Waals surface area contributed by atoms with E-state index in [2.05, 4.69) is 25.6 Å². The number of amides is 1. The molecule has 0 aliphatic heterocycles. The van der Waals surface area contributed by atoms with E-state index < -0.39 is 17.5 Å². The van der Waals surface area contributed by atoms with Crippen LogP contribution in [0.1, 0.15) is 21.9 Å². The van der Waals surface area contributed by atoms with Crippen LogP contribution in [0.4, 0.5) is 20.3 Å². The molecule has 0 aliphatic carbocycles. The molecule has 3 aromatic rings. The molecule has 132 valence electrons. The Labute approximate surface area is 148 Å². The summed E-state index contributed by atoms with van der Waals surface area (Å²) in [6, 6.07) is 8.12. The fourth-order valence-corrected chi connectivity index (χ4v) is 2.25. The fraction of sp³-hybridized carbons (Fsp3) is 0.111. The first-order valence-corrected chi connectivity index (χ1v) is 7.76. The second-order valence-corrected chi connectivity index (χ2v) is 5.47. The van der Waals surface area contributed by atoms with Gasteiger partial charge in [0.1, 0.15) is 29.0 Å². The molecule has 2 heterocycles. The molecule has 0 radical (unpaired) electrons. The molecule has 0 bridgehead atoms. The number of anilines is 2. The number of hydrogen-bond acceptors (Lipinski definition) is 5. The molecule has 2 aromatic heterocycles. The molecule has 26 heavy (non-hydrogen) atoms. The van der Waals surface area contributed by atoms with Crippen molar-refractivity contribution < 1.29 is 13.6 Å². The summed E-state index contributed by atoms with van der Waals surface area (Å²) >= 11 is 0. The summed E-state index contributed by atoms with van der Waals surface area (Å²) in [5.74, 6) is -1.26. The highest BCUT2D eigenvalue weighted by molar-refractivity contribution is 5.93. The van der Waals surface area contributed by atoms with E-state index in [1.54, 1.807) is 31.5 Å². The van der Waals surface area contributed by atoms with Gasteiger partial charge in [0.15, 0.2) is 0 Å². The number of pyridine rings is 1. The van der Waals surface area contributed by atoms with Crippen molar-refractivity contribution in [3.63, 3.8) is 0 Å². The maximum Gasteiger partial charge on any atom is 0.270 e. The van der Waals surface area contributed by atoms with Crippen LogP contribution in [0.5, 0.6) is 0 Å². The first-order valence-electron chi connectivity index (χ1n) is 7.76. The molecule has 0 fully saturated rings. The average Bonchev–Trinajstić information content (AvgIpc) is 2.62. The smallest absolute Gasteiger partial charge is 0.270 e. The standard InChI is InChI=1S/C18H15F2N5O/c1-11-23-16(18(26)22-10-12-4-6-21-7-5-12)9-17(24-11)25-15-3-2-13(19)8-14(15)20/h2-9H,10H2,1H3,(H,22,26)(H,23,24,25). The molecule has 2 N–H and O–H groups in total. The highest BCUT2D eigenvalue weighted by Gasteiger charge is 2.12. The number of carbonyl (C=O) groups excluding carboxylic acids is 1. The second kappa shape index (κ2) is 7.64. The van der Waals surface area contributed by atoms with Crippen molar-refractivity contribution in [1.29, 1.82) is 0 Å². The summed E-state index contributed by atoms with van der Waals surface area (Å²) in [5, 5.41) is 5.47. The molecule has 0 saturated heterocycles. The van der Waals surface area contributed by atoms with E-state index in [4.69, 9.17) is 0 Å². The van der Waals surface area contributed by atoms with Crippen LogP contribution in [-0.4, -0.2) is 20.9 Å². The summed E-state index contributed by atoms with van der Waals surface area (Å²) in [5.41, 5.74) is 1.08. The van der Waals surface area contributed by atoms with Crippen LogP contribution in [0, 0.1) is 18.6 Å². The van der Waals surface area contributed by atoms with Crippen LogP contribution in [-0.2, 0) is 6.54 Å². The molecule has 0 spiro atoms. The van der Waals surface area contributed by atoms with E-state index >= 15 is 0 Å². The van der Waals surface area contributed by atoms with Gasteiger partial charge in [-0.05, 0) is 36.8 Å². The number of nitrogens with one attached hydrogen (secondary N) is 2. The average molecular weight is 355 g/mol. The summed E-state index contributed by atoms with van der Waals surface area (Å²) in [7, 11) is 0. The Balaban J connectivity index is 1.75. The molecule has 6 nitrogen and oxygen atoms in total. The number of halogens is 2. The van der Waals surface area contributed by atoms with Crippen LogP contribution >= 0.6 is 0 Å². The van der Waals surface area contributed by atoms with E-state index in [1.165, 1.54) is 12.1 Å². The van der Waals surface area contributed by atoms with Gasteiger partial charge in [-0.15, -0.1) is 0 Å². The lowest BCUT2D eigenvalue weighted by Crippen LogP contribution is -2.24. The zero-order valence-electron chi connectivity index (χ0n) is 13.8. The Morgan fingerprint density at radius 3 is 2.58 bits per heavy atom. The highest BCUT2D eigenvalue weighted by atomic mass is 19.1. The van der Waals surface area contributed by atoms with E-state index in [0.29, 0.717) is 12.4 Å². The monoisotopic (exact) mass is 355 g/mol. The number of hydrogen-bond donors (Lipinski definition) is 2. The van der Waals surface area contributed by atoms with Gasteiger partial charge in [0.05, 0.1) is 5.69 Å². The van der Waals surface area contributed by atoms with Crippen LogP contribution in [0.2, 0.25) is 0 Å². The van der Waals surface area contributed by atoms with Crippen molar-refractivity contribution >= 4 is 17.4 Å². The van der Waals surface area contributed by atoms with Gasteiger partial charge in [0.2, 0.25) is 0 Å². The van der Waals surface area contributed by atoms with Gasteiger partial charge in [-0.25, -0.2) is 18.7 Å². The summed E-state index contributed by atoms with van der Waals surface area (Å²) in [6.07, 6.45) is 3.27. The number of rotatable bonds is 5. The topological polar surface area (TPSA) is 79.8 Å². The minimum Gasteiger partial charge on any atom is -0.347 e. The molecule has 1 amide bonds. The van der Waals surface area contributed by atoms with Gasteiger partial charge >= 0.3 is 0 Å². The predicted octanol–water partition coefficient (Wildman–Crippen LogP) is 3.13. The van der Waals surface area contributed by atoms with E-state index in [1.807, 2.05) is 0 Å². The predicted molar refractivity (Wildman–Crippen MR) is 91.8 cm³/mol. The SMILES string of the molecule is Cc1nc(Nc2ccc(F)cc2F)cc(C(=O)NCc2ccncc2)n1. The Morgan fingerprint density at radius 1 is 1.08 bits per heavy atom. The minimum absolute atomic E-state index is 0.0487. The van der Waals surface area contributed by atoms with Gasteiger partial charge in [-0.1, -0.05) is 0 Å². The van der Waals surface area contributed by atoms with Crippen LogP contribution in [0.15, 0.2) is 48.8 Å². The maximum absolute atomic E-state index is 13.8. The van der Waals surface area contributed by atoms with E-state index in [0.717, 1.165) is 17.7 Å². The lowest BCUT2D eigenvalue weighted by molar-refractivity contribution is 0.0945. The first kappa shape index (κ1) is 17.4. The number of benzene rings is 1. The molecule has 1 aromatic carbocycles. The Bertz CT molecular complexity index is 934. The lowest BCUT2D eigenvalue weighted by atomic mass is 10.2. The fourth-order valence-electron chi connectivity index (χ4n) is 2.25. The molecule has 0 aliphatic rings. The van der Waals surface area contributed by atoms with Crippen molar-refractivity contribution in [2.45, 2.75) is 13.5 Å². The third kappa shape index (κ3) is 4.35. The van der Waals surface area contributed by atoms with E-state index in [-0.39, 0.29) is 17.2 Å². The molecule has 8 heteroatoms. The molecule has 0 saturated carbocycles. The minimum atomic E-state index is -0.759. The van der Waals surface area contributed by atoms with Crippen molar-refractivity contribution in [1.82, 2.24) is 20.3 Å². The largest absolute Gasteiger partial charge is 0.347 e. The molecule has 0 atom stereocenters. The highest BCUT2D eigenvalue weighted by Crippen LogP contribution is 2.20. The van der Waals surface area contributed by atoms with Gasteiger partial charge in [-0.2, -0.15) is 0 Å². The van der Waals surface area contributed by atoms with Gasteiger partial charge in [0.25, 0.3) is 5.91 Å². The van der Waals surface area contributed by atoms with E-state index in [9.17, 15) is 13.6 Å². The maximum atomic E-state index is 13.8. The summed E-state index contributed by atoms with van der Waals surface area (Å²) < 4.78 is 26.8. The van der Waals surface area contributed by atoms with Crippen molar-refractivity contribution in [3.05, 3.63) is 77.5 Å². The lowest BCUT2D eigenvalue weighted by Gasteiger charge is -2.10. The Morgan fingerprint density at radius 2 is 1.85 bits per heavy atom. The number of aromatic nitrogens is 3. The van der Waals surface area contributed by atoms with Gasteiger partial charge in [0, 0.05) is 31.1 Å². The number of nitrogens with zero attached hydrogens (tertiary/aromatic N) is 3. The molecular weight excluding hydrogens is 340 g/mol. The number of aryl methyl sites for hydroxylation is 1. The Kier molecular flexibility index (Phi) is 5.12. The zero-order valence-corrected chi connectivity index (χ0v) is 13.8. The Hall–Kier alpha value is -3.42. The quantitative estimate of drug-likeness (QED) is 0.735. The van der Waals surface area contributed by atoms with Gasteiger partial charge in [-0.3, -0.25) is 9.78 Å². The first-order chi connectivity index (χ1) is 12.5. The molecule has 3 rings (SSSR count). The normalized spacial score (nSPS) is 10.4. The van der Waals surface area contributed by atoms with Crippen molar-refractivity contribution in [2.75, 3.05) is 5.32 Å². The van der Waals surface area contributed by atoms with Crippen molar-refractivity contribution in [3.8, 4) is 0 Å².